The van der Waals surface area contributed by atoms with Crippen molar-refractivity contribution in [2.24, 2.45) is 11.8 Å². The van der Waals surface area contributed by atoms with Crippen LogP contribution in [0.2, 0.25) is 0 Å². The molecule has 2 rings (SSSR count). The molecular weight excluding hydrogens is 240 g/mol. The van der Waals surface area contributed by atoms with E-state index in [0.717, 1.165) is 39.0 Å². The molecule has 2 heterocycles. The molecule has 2 aliphatic heterocycles. The molecule has 4 heteroatoms. The maximum absolute atomic E-state index is 12.1. The maximum Gasteiger partial charge on any atom is 0.237 e. The summed E-state index contributed by atoms with van der Waals surface area (Å²) in [7, 11) is 0. The first-order valence-corrected chi connectivity index (χ1v) is 7.81. The second-order valence-electron chi connectivity index (χ2n) is 6.23. The molecule has 0 bridgehead atoms. The largest absolute Gasteiger partial charge is 0.378 e. The highest BCUT2D eigenvalue weighted by Crippen LogP contribution is 2.25. The smallest absolute Gasteiger partial charge is 0.237 e. The molecule has 110 valence electrons. The molecule has 0 radical (unpaired) electrons. The molecular formula is C15H28N2O2. The van der Waals surface area contributed by atoms with Crippen molar-refractivity contribution in [3.05, 3.63) is 0 Å². The van der Waals surface area contributed by atoms with Gasteiger partial charge in [-0.15, -0.1) is 0 Å². The summed E-state index contributed by atoms with van der Waals surface area (Å²) >= 11 is 0. The Labute approximate surface area is 116 Å². The van der Waals surface area contributed by atoms with Gasteiger partial charge in [0.15, 0.2) is 0 Å². The summed E-state index contributed by atoms with van der Waals surface area (Å²) in [4.78, 5) is 12.1. The molecule has 19 heavy (non-hydrogen) atoms. The summed E-state index contributed by atoms with van der Waals surface area (Å²) in [5, 5.41) is 6.42. The Hall–Kier alpha value is -0.610. The number of carbonyl (C=O) groups is 1. The lowest BCUT2D eigenvalue weighted by atomic mass is 9.87. The lowest BCUT2D eigenvalue weighted by molar-refractivity contribution is -0.124. The van der Waals surface area contributed by atoms with Crippen LogP contribution in [-0.2, 0) is 9.53 Å². The Morgan fingerprint density at radius 3 is 2.84 bits per heavy atom. The fraction of sp³-hybridized carbons (Fsp3) is 0.933. The number of ether oxygens (including phenoxy) is 1. The molecule has 2 N–H and O–H groups in total. The van der Waals surface area contributed by atoms with Crippen LogP contribution in [0.3, 0.4) is 0 Å². The lowest BCUT2D eigenvalue weighted by Gasteiger charge is -2.35. The van der Waals surface area contributed by atoms with Gasteiger partial charge in [0.2, 0.25) is 5.91 Å². The molecule has 3 atom stereocenters. The van der Waals surface area contributed by atoms with Gasteiger partial charge in [-0.3, -0.25) is 4.79 Å². The Morgan fingerprint density at radius 1 is 1.32 bits per heavy atom. The molecule has 0 aromatic heterocycles. The summed E-state index contributed by atoms with van der Waals surface area (Å²) in [6.07, 6.45) is 5.91. The van der Waals surface area contributed by atoms with E-state index in [0.29, 0.717) is 17.9 Å². The first-order chi connectivity index (χ1) is 9.18. The fourth-order valence-electron chi connectivity index (χ4n) is 3.25. The number of nitrogens with one attached hydrogen (secondary N) is 2. The topological polar surface area (TPSA) is 50.4 Å². The highest BCUT2D eigenvalue weighted by atomic mass is 16.5. The number of amides is 1. The second-order valence-corrected chi connectivity index (χ2v) is 6.23. The normalized spacial score (nSPS) is 32.3. The van der Waals surface area contributed by atoms with E-state index in [9.17, 15) is 4.79 Å². The molecule has 0 saturated carbocycles. The summed E-state index contributed by atoms with van der Waals surface area (Å²) in [6, 6.07) is 0.0239. The van der Waals surface area contributed by atoms with Crippen molar-refractivity contribution < 1.29 is 9.53 Å². The van der Waals surface area contributed by atoms with Crippen LogP contribution in [0, 0.1) is 11.8 Å². The SMILES string of the molecule is CC(C)C1OCCCC1CNC(=O)C1CCCCN1. The van der Waals surface area contributed by atoms with Gasteiger partial charge in [0.1, 0.15) is 0 Å². The third-order valence-electron chi connectivity index (χ3n) is 4.32. The van der Waals surface area contributed by atoms with E-state index < -0.39 is 0 Å². The Kier molecular flexibility index (Phi) is 5.64. The van der Waals surface area contributed by atoms with E-state index in [1.54, 1.807) is 0 Å². The van der Waals surface area contributed by atoms with E-state index in [1.807, 2.05) is 0 Å². The van der Waals surface area contributed by atoms with Crippen molar-refractivity contribution in [1.82, 2.24) is 10.6 Å². The average Bonchev–Trinajstić information content (AvgIpc) is 2.46. The quantitative estimate of drug-likeness (QED) is 0.816. The predicted octanol–water partition coefficient (Wildman–Crippen LogP) is 1.70. The minimum Gasteiger partial charge on any atom is -0.378 e. The summed E-state index contributed by atoms with van der Waals surface area (Å²) in [5.74, 6) is 1.17. The first kappa shape index (κ1) is 14.8. The summed E-state index contributed by atoms with van der Waals surface area (Å²) < 4.78 is 5.86. The van der Waals surface area contributed by atoms with E-state index >= 15 is 0 Å². The lowest BCUT2D eigenvalue weighted by Crippen LogP contribution is -2.49. The number of carbonyl (C=O) groups excluding carboxylic acids is 1. The molecule has 3 unspecified atom stereocenters. The predicted molar refractivity (Wildman–Crippen MR) is 76.0 cm³/mol. The van der Waals surface area contributed by atoms with E-state index in [2.05, 4.69) is 24.5 Å². The van der Waals surface area contributed by atoms with Crippen molar-refractivity contribution >= 4 is 5.91 Å². The van der Waals surface area contributed by atoms with Gasteiger partial charge >= 0.3 is 0 Å². The van der Waals surface area contributed by atoms with Crippen LogP contribution in [0.25, 0.3) is 0 Å². The Bertz CT molecular complexity index is 288. The van der Waals surface area contributed by atoms with Gasteiger partial charge in [-0.05, 0) is 38.1 Å². The van der Waals surface area contributed by atoms with Gasteiger partial charge in [0.05, 0.1) is 12.1 Å². The number of rotatable bonds is 4. The molecule has 2 fully saturated rings. The van der Waals surface area contributed by atoms with Gasteiger partial charge in [0.25, 0.3) is 0 Å². The van der Waals surface area contributed by atoms with Crippen molar-refractivity contribution in [3.8, 4) is 0 Å². The van der Waals surface area contributed by atoms with E-state index in [1.165, 1.54) is 12.8 Å². The molecule has 0 aliphatic carbocycles. The van der Waals surface area contributed by atoms with Crippen molar-refractivity contribution in [3.63, 3.8) is 0 Å². The Balaban J connectivity index is 1.77. The third kappa shape index (κ3) is 4.18. The van der Waals surface area contributed by atoms with E-state index in [-0.39, 0.29) is 11.9 Å². The molecule has 1 amide bonds. The zero-order valence-electron chi connectivity index (χ0n) is 12.3. The van der Waals surface area contributed by atoms with Gasteiger partial charge in [-0.2, -0.15) is 0 Å². The van der Waals surface area contributed by atoms with Crippen LogP contribution in [0.15, 0.2) is 0 Å². The van der Waals surface area contributed by atoms with Crippen LogP contribution in [0.5, 0.6) is 0 Å². The van der Waals surface area contributed by atoms with Crippen molar-refractivity contribution in [1.29, 1.82) is 0 Å². The second kappa shape index (κ2) is 7.25. The van der Waals surface area contributed by atoms with Gasteiger partial charge in [-0.25, -0.2) is 0 Å². The minimum absolute atomic E-state index is 0.0239. The zero-order chi connectivity index (χ0) is 13.7. The zero-order valence-corrected chi connectivity index (χ0v) is 12.3. The fourth-order valence-corrected chi connectivity index (χ4v) is 3.25. The van der Waals surface area contributed by atoms with Crippen LogP contribution in [0.1, 0.15) is 46.0 Å². The molecule has 0 aromatic rings. The summed E-state index contributed by atoms with van der Waals surface area (Å²) in [5.41, 5.74) is 0. The van der Waals surface area contributed by atoms with Crippen LogP contribution >= 0.6 is 0 Å². The van der Waals surface area contributed by atoms with Gasteiger partial charge in [0, 0.05) is 19.1 Å². The van der Waals surface area contributed by atoms with Gasteiger partial charge in [-0.1, -0.05) is 20.3 Å². The molecule has 4 nitrogen and oxygen atoms in total. The molecule has 0 spiro atoms. The molecule has 0 aromatic carbocycles. The van der Waals surface area contributed by atoms with Crippen LogP contribution in [0.4, 0.5) is 0 Å². The Morgan fingerprint density at radius 2 is 2.16 bits per heavy atom. The number of hydrogen-bond acceptors (Lipinski definition) is 3. The molecule has 2 saturated heterocycles. The van der Waals surface area contributed by atoms with Crippen LogP contribution < -0.4 is 10.6 Å². The number of piperidine rings is 1. The standard InChI is InChI=1S/C15H28N2O2/c1-11(2)14-12(6-5-9-19-14)10-17-15(18)13-7-3-4-8-16-13/h11-14,16H,3-10H2,1-2H3,(H,17,18). The minimum atomic E-state index is 0.0239. The summed E-state index contributed by atoms with van der Waals surface area (Å²) in [6.45, 7) is 7.01. The molecule has 2 aliphatic rings. The average molecular weight is 268 g/mol. The highest BCUT2D eigenvalue weighted by Gasteiger charge is 2.29. The highest BCUT2D eigenvalue weighted by molar-refractivity contribution is 5.81. The first-order valence-electron chi connectivity index (χ1n) is 7.81. The van der Waals surface area contributed by atoms with Gasteiger partial charge < -0.3 is 15.4 Å². The third-order valence-corrected chi connectivity index (χ3v) is 4.32. The number of hydrogen-bond donors (Lipinski definition) is 2. The van der Waals surface area contributed by atoms with Crippen LogP contribution in [-0.4, -0.2) is 37.7 Å². The maximum atomic E-state index is 12.1. The van der Waals surface area contributed by atoms with Crippen molar-refractivity contribution in [2.45, 2.75) is 58.1 Å². The monoisotopic (exact) mass is 268 g/mol. The van der Waals surface area contributed by atoms with Crippen molar-refractivity contribution in [2.75, 3.05) is 19.7 Å². The van der Waals surface area contributed by atoms with E-state index in [4.69, 9.17) is 4.74 Å².